The molecule has 3 atom stereocenters. The zero-order valence-electron chi connectivity index (χ0n) is 29.4. The highest BCUT2D eigenvalue weighted by molar-refractivity contribution is 5.60. The van der Waals surface area contributed by atoms with E-state index in [1.807, 2.05) is 42.5 Å². The van der Waals surface area contributed by atoms with E-state index in [4.69, 9.17) is 28.5 Å². The predicted octanol–water partition coefficient (Wildman–Crippen LogP) is 8.67. The first kappa shape index (κ1) is 38.7. The van der Waals surface area contributed by atoms with Crippen molar-refractivity contribution in [1.82, 2.24) is 5.06 Å². The Morgan fingerprint density at radius 1 is 0.731 bits per heavy atom. The van der Waals surface area contributed by atoms with Gasteiger partial charge in [-0.3, -0.25) is 0 Å². The maximum absolute atomic E-state index is 14.7. The zero-order chi connectivity index (χ0) is 37.1. The van der Waals surface area contributed by atoms with Gasteiger partial charge in [0.1, 0.15) is 34.6 Å². The molecule has 1 aliphatic heterocycles. The van der Waals surface area contributed by atoms with E-state index in [2.05, 4.69) is 0 Å². The number of rotatable bonds is 15. The van der Waals surface area contributed by atoms with Gasteiger partial charge in [0.2, 0.25) is 0 Å². The summed E-state index contributed by atoms with van der Waals surface area (Å²) in [6.07, 6.45) is -1.84. The quantitative estimate of drug-likeness (QED) is 0.0685. The minimum atomic E-state index is -0.954. The fraction of sp³-hybridized carbons (Fsp3) is 0.375. The standard InChI is InChI=1S/C40H43F4NO7/c1-40(2,3)51-39(46)52-45-22-36(49-25-29-10-14-31(41)20-34(29)43)38(37(23-45)50-26-30-11-15-32(42)21-35(30)44)28-12-16-33(17-13-28)48-19-7-18-47-24-27-8-5-4-6-9-27/h4-6,8-17,20-21,36-38H,7,18-19,22-26H2,1-3H3/t36-,37+,38-. The molecule has 1 saturated heterocycles. The number of hydrogen-bond acceptors (Lipinski definition) is 8. The second-order valence-electron chi connectivity index (χ2n) is 13.4. The highest BCUT2D eigenvalue weighted by atomic mass is 19.1. The number of nitrogens with zero attached hydrogens (tertiary/aromatic N) is 1. The maximum atomic E-state index is 14.7. The lowest BCUT2D eigenvalue weighted by molar-refractivity contribution is -0.209. The van der Waals surface area contributed by atoms with Gasteiger partial charge in [-0.2, -0.15) is 0 Å². The molecule has 0 radical (unpaired) electrons. The van der Waals surface area contributed by atoms with E-state index in [0.717, 1.165) is 35.4 Å². The number of carbonyl (C=O) groups is 1. The fourth-order valence-corrected chi connectivity index (χ4v) is 5.71. The molecule has 52 heavy (non-hydrogen) atoms. The van der Waals surface area contributed by atoms with Crippen molar-refractivity contribution in [3.8, 4) is 5.75 Å². The average Bonchev–Trinajstić information content (AvgIpc) is 3.09. The number of piperidine rings is 1. The molecule has 0 aromatic heterocycles. The lowest BCUT2D eigenvalue weighted by atomic mass is 9.85. The van der Waals surface area contributed by atoms with Crippen molar-refractivity contribution in [3.05, 3.63) is 137 Å². The zero-order valence-corrected chi connectivity index (χ0v) is 29.4. The van der Waals surface area contributed by atoms with Gasteiger partial charge in [-0.05, 0) is 56.2 Å². The molecular weight excluding hydrogens is 682 g/mol. The average molecular weight is 726 g/mol. The summed E-state index contributed by atoms with van der Waals surface area (Å²) in [6, 6.07) is 23.6. The monoisotopic (exact) mass is 725 g/mol. The third-order valence-corrected chi connectivity index (χ3v) is 8.18. The molecule has 0 spiro atoms. The highest BCUT2D eigenvalue weighted by Crippen LogP contribution is 2.35. The van der Waals surface area contributed by atoms with Crippen LogP contribution in [0.1, 0.15) is 55.4 Å². The molecule has 0 unspecified atom stereocenters. The molecule has 1 heterocycles. The van der Waals surface area contributed by atoms with Crippen molar-refractivity contribution in [2.24, 2.45) is 0 Å². The molecule has 0 N–H and O–H groups in total. The number of carbonyl (C=O) groups excluding carboxylic acids is 1. The maximum Gasteiger partial charge on any atom is 0.528 e. The SMILES string of the molecule is CC(C)(C)OC(=O)ON1C[C@H](OCc2ccc(F)cc2F)[C@H](c2ccc(OCCCOCc3ccccc3)cc2)[C@H](OCc2ccc(F)cc2F)C1. The molecular formula is C40H43F4NO7. The van der Waals surface area contributed by atoms with Crippen molar-refractivity contribution < 1.29 is 50.9 Å². The Morgan fingerprint density at radius 2 is 1.31 bits per heavy atom. The number of hydroxylamine groups is 2. The van der Waals surface area contributed by atoms with Gasteiger partial charge in [0, 0.05) is 35.6 Å². The van der Waals surface area contributed by atoms with Crippen LogP contribution >= 0.6 is 0 Å². The van der Waals surface area contributed by atoms with Gasteiger partial charge in [0.05, 0.1) is 58.3 Å². The van der Waals surface area contributed by atoms with E-state index >= 15 is 0 Å². The predicted molar refractivity (Wildman–Crippen MR) is 184 cm³/mol. The van der Waals surface area contributed by atoms with Crippen LogP contribution in [-0.2, 0) is 43.6 Å². The Morgan fingerprint density at radius 3 is 1.85 bits per heavy atom. The first-order valence-electron chi connectivity index (χ1n) is 17.0. The van der Waals surface area contributed by atoms with Crippen LogP contribution in [0, 0.1) is 23.3 Å². The summed E-state index contributed by atoms with van der Waals surface area (Å²) < 4.78 is 86.2. The molecule has 0 aliphatic carbocycles. The van der Waals surface area contributed by atoms with Crippen LogP contribution in [0.5, 0.6) is 5.75 Å². The van der Waals surface area contributed by atoms with Gasteiger partial charge in [-0.1, -0.05) is 54.6 Å². The van der Waals surface area contributed by atoms with Crippen molar-refractivity contribution >= 4 is 6.16 Å². The lowest BCUT2D eigenvalue weighted by Gasteiger charge is -2.42. The topological polar surface area (TPSA) is 75.7 Å². The van der Waals surface area contributed by atoms with Crippen LogP contribution in [0.15, 0.2) is 91.0 Å². The van der Waals surface area contributed by atoms with E-state index in [1.165, 1.54) is 17.2 Å². The third-order valence-electron chi connectivity index (χ3n) is 8.18. The van der Waals surface area contributed by atoms with Crippen LogP contribution in [0.25, 0.3) is 0 Å². The minimum absolute atomic E-state index is 0.0265. The summed E-state index contributed by atoms with van der Waals surface area (Å²) in [5.74, 6) is -2.93. The minimum Gasteiger partial charge on any atom is -0.494 e. The largest absolute Gasteiger partial charge is 0.528 e. The van der Waals surface area contributed by atoms with Crippen LogP contribution in [0.4, 0.5) is 22.4 Å². The van der Waals surface area contributed by atoms with Crippen molar-refractivity contribution in [3.63, 3.8) is 0 Å². The highest BCUT2D eigenvalue weighted by Gasteiger charge is 2.42. The van der Waals surface area contributed by atoms with Gasteiger partial charge >= 0.3 is 6.16 Å². The Balaban J connectivity index is 1.33. The van der Waals surface area contributed by atoms with E-state index in [-0.39, 0.29) is 37.4 Å². The number of ether oxygens (including phenoxy) is 5. The number of hydrogen-bond donors (Lipinski definition) is 0. The van der Waals surface area contributed by atoms with Crippen molar-refractivity contribution in [2.75, 3.05) is 26.3 Å². The second-order valence-corrected chi connectivity index (χ2v) is 13.4. The van der Waals surface area contributed by atoms with Crippen molar-refractivity contribution in [2.45, 2.75) is 70.7 Å². The molecule has 278 valence electrons. The molecule has 4 aromatic carbocycles. The lowest BCUT2D eigenvalue weighted by Crippen LogP contribution is -2.53. The summed E-state index contributed by atoms with van der Waals surface area (Å²) in [5.41, 5.74) is 1.25. The first-order valence-corrected chi connectivity index (χ1v) is 17.0. The Kier molecular flexibility index (Phi) is 13.6. The molecule has 0 bridgehead atoms. The molecule has 5 rings (SSSR count). The second kappa shape index (κ2) is 18.3. The van der Waals surface area contributed by atoms with Crippen LogP contribution in [0.2, 0.25) is 0 Å². The van der Waals surface area contributed by atoms with Crippen LogP contribution in [-0.4, -0.2) is 55.3 Å². The van der Waals surface area contributed by atoms with E-state index < -0.39 is 53.2 Å². The van der Waals surface area contributed by atoms with E-state index in [0.29, 0.717) is 32.0 Å². The number of halogens is 4. The molecule has 0 amide bonds. The molecule has 8 nitrogen and oxygen atoms in total. The van der Waals surface area contributed by atoms with E-state index in [9.17, 15) is 22.4 Å². The van der Waals surface area contributed by atoms with Gasteiger partial charge in [-0.25, -0.2) is 22.4 Å². The van der Waals surface area contributed by atoms with Gasteiger partial charge in [0.15, 0.2) is 0 Å². The van der Waals surface area contributed by atoms with E-state index in [1.54, 1.807) is 32.9 Å². The summed E-state index contributed by atoms with van der Waals surface area (Å²) in [4.78, 5) is 18.2. The Bertz CT molecular complexity index is 1670. The molecule has 1 fully saturated rings. The summed E-state index contributed by atoms with van der Waals surface area (Å²) >= 11 is 0. The first-order chi connectivity index (χ1) is 24.9. The number of benzene rings is 4. The van der Waals surface area contributed by atoms with Gasteiger partial charge in [-0.15, -0.1) is 5.06 Å². The molecule has 1 aliphatic rings. The van der Waals surface area contributed by atoms with Gasteiger partial charge < -0.3 is 28.5 Å². The summed E-state index contributed by atoms with van der Waals surface area (Å²) in [6.45, 7) is 6.14. The van der Waals surface area contributed by atoms with Crippen LogP contribution < -0.4 is 4.74 Å². The Hall–Kier alpha value is -4.49. The normalized spacial score (nSPS) is 17.9. The Labute approximate surface area is 301 Å². The summed E-state index contributed by atoms with van der Waals surface area (Å²) in [7, 11) is 0. The smallest absolute Gasteiger partial charge is 0.494 e. The third kappa shape index (κ3) is 11.8. The summed E-state index contributed by atoms with van der Waals surface area (Å²) in [5, 5.41) is 1.32. The van der Waals surface area contributed by atoms with Gasteiger partial charge in [0.25, 0.3) is 0 Å². The molecule has 0 saturated carbocycles. The molecule has 4 aromatic rings. The molecule has 12 heteroatoms. The fourth-order valence-electron chi connectivity index (χ4n) is 5.71. The van der Waals surface area contributed by atoms with Crippen molar-refractivity contribution in [1.29, 1.82) is 0 Å². The van der Waals surface area contributed by atoms with Crippen LogP contribution in [0.3, 0.4) is 0 Å².